The first-order chi connectivity index (χ1) is 11.5. The number of ketones is 1. The van der Waals surface area contributed by atoms with Crippen molar-refractivity contribution in [3.63, 3.8) is 0 Å². The van der Waals surface area contributed by atoms with Crippen molar-refractivity contribution in [1.29, 1.82) is 5.26 Å². The van der Waals surface area contributed by atoms with E-state index in [1.165, 1.54) is 18.2 Å². The van der Waals surface area contributed by atoms with Crippen LogP contribution in [0, 0.1) is 11.3 Å². The van der Waals surface area contributed by atoms with Gasteiger partial charge in [-0.05, 0) is 30.3 Å². The maximum absolute atomic E-state index is 12.0. The van der Waals surface area contributed by atoms with Gasteiger partial charge in [0.15, 0.2) is 13.2 Å². The Morgan fingerprint density at radius 2 is 1.83 bits per heavy atom. The van der Waals surface area contributed by atoms with Gasteiger partial charge in [0.25, 0.3) is 0 Å². The Morgan fingerprint density at radius 3 is 2.54 bits per heavy atom. The minimum Gasteiger partial charge on any atom is -0.481 e. The average molecular weight is 364 g/mol. The van der Waals surface area contributed by atoms with Crippen molar-refractivity contribution in [1.82, 2.24) is 0 Å². The highest BCUT2D eigenvalue weighted by Gasteiger charge is 2.14. The lowest BCUT2D eigenvalue weighted by molar-refractivity contribution is -0.144. The summed E-state index contributed by atoms with van der Waals surface area (Å²) in [6, 6.07) is 12.8. The van der Waals surface area contributed by atoms with Gasteiger partial charge in [-0.3, -0.25) is 4.79 Å². The molecular formula is C17H11Cl2NO4. The summed E-state index contributed by atoms with van der Waals surface area (Å²) in [6.45, 7) is -0.885. The second-order valence-electron chi connectivity index (χ2n) is 4.60. The minimum absolute atomic E-state index is 0.183. The number of carbonyl (C=O) groups is 2. The first-order valence-electron chi connectivity index (χ1n) is 6.77. The van der Waals surface area contributed by atoms with Crippen LogP contribution in [0.5, 0.6) is 5.75 Å². The molecule has 0 heterocycles. The van der Waals surface area contributed by atoms with Crippen LogP contribution in [-0.2, 0) is 9.53 Å². The zero-order valence-corrected chi connectivity index (χ0v) is 13.8. The second-order valence-corrected chi connectivity index (χ2v) is 5.45. The van der Waals surface area contributed by atoms with Crippen LogP contribution in [0.2, 0.25) is 10.0 Å². The summed E-state index contributed by atoms with van der Waals surface area (Å²) >= 11 is 11.7. The molecule has 0 saturated carbocycles. The summed E-state index contributed by atoms with van der Waals surface area (Å²) in [6.07, 6.45) is 0. The number of benzene rings is 2. The van der Waals surface area contributed by atoms with Crippen molar-refractivity contribution in [3.8, 4) is 11.8 Å². The molecular weight excluding hydrogens is 353 g/mol. The highest BCUT2D eigenvalue weighted by molar-refractivity contribution is 6.36. The van der Waals surface area contributed by atoms with E-state index >= 15 is 0 Å². The Balaban J connectivity index is 1.87. The third-order valence-electron chi connectivity index (χ3n) is 2.95. The van der Waals surface area contributed by atoms with E-state index < -0.39 is 25.0 Å². The number of hydrogen-bond acceptors (Lipinski definition) is 5. The fourth-order valence-electron chi connectivity index (χ4n) is 1.80. The molecule has 0 aliphatic carbocycles. The average Bonchev–Trinajstić information content (AvgIpc) is 2.58. The van der Waals surface area contributed by atoms with Gasteiger partial charge < -0.3 is 9.47 Å². The van der Waals surface area contributed by atoms with Crippen LogP contribution in [0.4, 0.5) is 0 Å². The number of hydrogen-bond donors (Lipinski definition) is 0. The van der Waals surface area contributed by atoms with E-state index in [9.17, 15) is 9.59 Å². The normalized spacial score (nSPS) is 9.88. The van der Waals surface area contributed by atoms with Crippen LogP contribution in [0.3, 0.4) is 0 Å². The number of nitrogens with zero attached hydrogens (tertiary/aromatic N) is 1. The smallest absolute Gasteiger partial charge is 0.344 e. The van der Waals surface area contributed by atoms with Crippen molar-refractivity contribution in [2.24, 2.45) is 0 Å². The molecule has 2 rings (SSSR count). The number of nitriles is 1. The van der Waals surface area contributed by atoms with Gasteiger partial charge in [0.1, 0.15) is 11.8 Å². The van der Waals surface area contributed by atoms with Gasteiger partial charge in [-0.25, -0.2) is 4.79 Å². The Morgan fingerprint density at radius 1 is 1.08 bits per heavy atom. The summed E-state index contributed by atoms with van der Waals surface area (Å²) in [7, 11) is 0. The monoisotopic (exact) mass is 363 g/mol. The summed E-state index contributed by atoms with van der Waals surface area (Å²) in [4.78, 5) is 23.6. The first kappa shape index (κ1) is 17.8. The highest BCUT2D eigenvalue weighted by atomic mass is 35.5. The number of carbonyl (C=O) groups excluding carboxylic acids is 2. The molecule has 0 unspecified atom stereocenters. The standard InChI is InChI=1S/C17H11Cl2NO4/c18-12-5-6-13(14(19)7-12)15(21)9-24-17(22)10-23-16-4-2-1-3-11(16)8-20/h1-7H,9-10H2. The summed E-state index contributed by atoms with van der Waals surface area (Å²) in [5.41, 5.74) is 0.513. The maximum atomic E-state index is 12.0. The second kappa shape index (κ2) is 8.34. The Labute approximate surface area is 148 Å². The van der Waals surface area contributed by atoms with Crippen LogP contribution in [0.1, 0.15) is 15.9 Å². The molecule has 0 saturated heterocycles. The van der Waals surface area contributed by atoms with Crippen LogP contribution in [0.15, 0.2) is 42.5 Å². The number of rotatable bonds is 6. The molecule has 0 N–H and O–H groups in total. The lowest BCUT2D eigenvalue weighted by Gasteiger charge is -2.08. The lowest BCUT2D eigenvalue weighted by Crippen LogP contribution is -2.20. The van der Waals surface area contributed by atoms with E-state index in [2.05, 4.69) is 0 Å². The molecule has 0 aliphatic rings. The summed E-state index contributed by atoms with van der Waals surface area (Å²) in [5.74, 6) is -0.923. The molecule has 0 radical (unpaired) electrons. The van der Waals surface area contributed by atoms with Gasteiger partial charge in [0, 0.05) is 10.6 Å². The van der Waals surface area contributed by atoms with Crippen LogP contribution >= 0.6 is 23.2 Å². The van der Waals surface area contributed by atoms with E-state index in [4.69, 9.17) is 37.9 Å². The molecule has 0 bridgehead atoms. The van der Waals surface area contributed by atoms with Crippen molar-refractivity contribution in [3.05, 3.63) is 63.6 Å². The van der Waals surface area contributed by atoms with E-state index in [-0.39, 0.29) is 16.3 Å². The molecule has 0 amide bonds. The number of ether oxygens (including phenoxy) is 2. The molecule has 2 aromatic carbocycles. The summed E-state index contributed by atoms with van der Waals surface area (Å²) < 4.78 is 10.1. The van der Waals surface area contributed by atoms with Gasteiger partial charge >= 0.3 is 5.97 Å². The Kier molecular flexibility index (Phi) is 6.19. The summed E-state index contributed by atoms with van der Waals surface area (Å²) in [5, 5.41) is 9.50. The molecule has 24 heavy (non-hydrogen) atoms. The topological polar surface area (TPSA) is 76.4 Å². The van der Waals surface area contributed by atoms with E-state index in [0.717, 1.165) is 0 Å². The van der Waals surface area contributed by atoms with Crippen molar-refractivity contribution < 1.29 is 19.1 Å². The van der Waals surface area contributed by atoms with Crippen LogP contribution < -0.4 is 4.74 Å². The van der Waals surface area contributed by atoms with Gasteiger partial charge in [-0.15, -0.1) is 0 Å². The highest BCUT2D eigenvalue weighted by Crippen LogP contribution is 2.21. The number of para-hydroxylation sites is 1. The molecule has 2 aromatic rings. The fourth-order valence-corrected chi connectivity index (χ4v) is 2.32. The van der Waals surface area contributed by atoms with Gasteiger partial charge in [0.2, 0.25) is 5.78 Å². The lowest BCUT2D eigenvalue weighted by atomic mass is 10.1. The van der Waals surface area contributed by atoms with Crippen LogP contribution in [0.25, 0.3) is 0 Å². The van der Waals surface area contributed by atoms with Crippen LogP contribution in [-0.4, -0.2) is 25.0 Å². The fraction of sp³-hybridized carbons (Fsp3) is 0.118. The molecule has 0 aromatic heterocycles. The van der Waals surface area contributed by atoms with E-state index in [1.807, 2.05) is 6.07 Å². The molecule has 0 fully saturated rings. The Bertz CT molecular complexity index is 814. The van der Waals surface area contributed by atoms with Gasteiger partial charge in [-0.2, -0.15) is 5.26 Å². The SMILES string of the molecule is N#Cc1ccccc1OCC(=O)OCC(=O)c1ccc(Cl)cc1Cl. The molecule has 0 spiro atoms. The number of Topliss-reactive ketones (excluding diaryl/α,β-unsaturated/α-hetero) is 1. The third kappa shape index (κ3) is 4.72. The van der Waals surface area contributed by atoms with Gasteiger partial charge in [-0.1, -0.05) is 35.3 Å². The maximum Gasteiger partial charge on any atom is 0.344 e. The zero-order valence-electron chi connectivity index (χ0n) is 12.3. The number of esters is 1. The molecule has 0 atom stereocenters. The quantitative estimate of drug-likeness (QED) is 0.577. The zero-order chi connectivity index (χ0) is 17.5. The predicted molar refractivity (Wildman–Crippen MR) is 88.4 cm³/mol. The van der Waals surface area contributed by atoms with Crippen molar-refractivity contribution in [2.45, 2.75) is 0 Å². The molecule has 7 heteroatoms. The third-order valence-corrected chi connectivity index (χ3v) is 3.50. The van der Waals surface area contributed by atoms with E-state index in [1.54, 1.807) is 24.3 Å². The number of halogens is 2. The minimum atomic E-state index is -0.735. The molecule has 122 valence electrons. The van der Waals surface area contributed by atoms with E-state index in [0.29, 0.717) is 10.6 Å². The van der Waals surface area contributed by atoms with Crippen molar-refractivity contribution in [2.75, 3.05) is 13.2 Å². The van der Waals surface area contributed by atoms with Crippen molar-refractivity contribution >= 4 is 35.0 Å². The van der Waals surface area contributed by atoms with Gasteiger partial charge in [0.05, 0.1) is 10.6 Å². The largest absolute Gasteiger partial charge is 0.481 e. The predicted octanol–water partition coefficient (Wildman–Crippen LogP) is 3.67. The molecule has 0 aliphatic heterocycles. The molecule has 5 nitrogen and oxygen atoms in total. The Hall–Kier alpha value is -2.55. The first-order valence-corrected chi connectivity index (χ1v) is 7.52.